The number of aliphatic hydroxyl groups is 1. The number of alkyl halides is 3. The number of halogens is 3. The van der Waals surface area contributed by atoms with E-state index in [4.69, 9.17) is 11.5 Å². The summed E-state index contributed by atoms with van der Waals surface area (Å²) in [7, 11) is 0. The van der Waals surface area contributed by atoms with Crippen molar-refractivity contribution >= 4 is 23.6 Å². The number of nitrogens with one attached hydrogen (secondary N) is 2. The monoisotopic (exact) mass is 506 g/mol. The lowest BCUT2D eigenvalue weighted by Crippen LogP contribution is -2.55. The second-order valence-electron chi connectivity index (χ2n) is 8.55. The number of aliphatic imine (C=N–C) groups is 1. The van der Waals surface area contributed by atoms with E-state index in [9.17, 15) is 23.1 Å². The van der Waals surface area contributed by atoms with Gasteiger partial charge in [0.2, 0.25) is 0 Å². The number of ether oxygens (including phenoxy) is 1. The van der Waals surface area contributed by atoms with Crippen LogP contribution in [0.4, 0.5) is 24.7 Å². The summed E-state index contributed by atoms with van der Waals surface area (Å²) in [5, 5.41) is 14.9. The molecule has 192 valence electrons. The molecule has 7 N–H and O–H groups in total. The molecule has 36 heavy (non-hydrogen) atoms. The Labute approximate surface area is 204 Å². The van der Waals surface area contributed by atoms with Crippen molar-refractivity contribution in [3.63, 3.8) is 0 Å². The first kappa shape index (κ1) is 25.3. The van der Waals surface area contributed by atoms with Crippen LogP contribution in [0.1, 0.15) is 18.5 Å². The van der Waals surface area contributed by atoms with Crippen molar-refractivity contribution in [1.82, 2.24) is 15.3 Å². The summed E-state index contributed by atoms with van der Waals surface area (Å²) >= 11 is 0. The maximum absolute atomic E-state index is 13.1. The highest BCUT2D eigenvalue weighted by Crippen LogP contribution is 2.32. The molecule has 4 rings (SSSR count). The van der Waals surface area contributed by atoms with E-state index in [-0.39, 0.29) is 23.8 Å². The number of anilines is 2. The number of carbonyl (C=O) groups excluding carboxylic acids is 1. The number of hydrogen-bond acceptors (Lipinski definition) is 10. The molecule has 0 spiro atoms. The standard InChI is InChI=1S/C22H25F3N8O3/c23-22(24,25)36-16-4-2-7-29-17(16)21(27)12-28-11-14(32-21)19(35)31-18-15(3-1-8-30-18)33-9-5-20(26,13-34)6-10-33/h1-4,7-8,11-12,32,34H,5-6,9-10,13,26-27H2,(H,30,31,35). The molecular weight excluding hydrogens is 481 g/mol. The summed E-state index contributed by atoms with van der Waals surface area (Å²) in [6.45, 7) is 0.972. The van der Waals surface area contributed by atoms with Crippen LogP contribution in [0.2, 0.25) is 0 Å². The van der Waals surface area contributed by atoms with E-state index < -0.39 is 29.2 Å². The minimum atomic E-state index is -4.97. The number of pyridine rings is 2. The van der Waals surface area contributed by atoms with Crippen LogP contribution in [0.25, 0.3) is 0 Å². The summed E-state index contributed by atoms with van der Waals surface area (Å²) in [5.74, 6) is -1.05. The molecular formula is C22H25F3N8O3. The van der Waals surface area contributed by atoms with Gasteiger partial charge in [0.15, 0.2) is 17.2 Å². The zero-order valence-electron chi connectivity index (χ0n) is 19.0. The van der Waals surface area contributed by atoms with Gasteiger partial charge in [0.1, 0.15) is 11.4 Å². The summed E-state index contributed by atoms with van der Waals surface area (Å²) < 4.78 is 42.6. The maximum Gasteiger partial charge on any atom is 0.573 e. The number of rotatable bonds is 6. The summed E-state index contributed by atoms with van der Waals surface area (Å²) in [5.41, 5.74) is 10.1. The molecule has 1 atom stereocenters. The van der Waals surface area contributed by atoms with Gasteiger partial charge in [-0.25, -0.2) is 4.98 Å². The van der Waals surface area contributed by atoms with Crippen molar-refractivity contribution in [2.45, 2.75) is 30.4 Å². The quantitative estimate of drug-likeness (QED) is 0.383. The zero-order chi connectivity index (χ0) is 26.0. The SMILES string of the molecule is NC1(CO)CCN(c2cccnc2NC(=O)C2=CN=CC(N)(c3ncccc3OC(F)(F)F)N2)CC1. The largest absolute Gasteiger partial charge is 0.573 e. The lowest BCUT2D eigenvalue weighted by Gasteiger charge is -2.39. The second-order valence-corrected chi connectivity index (χ2v) is 8.55. The molecule has 2 aromatic rings. The predicted octanol–water partition coefficient (Wildman–Crippen LogP) is 0.931. The third kappa shape index (κ3) is 5.56. The van der Waals surface area contributed by atoms with Crippen LogP contribution >= 0.6 is 0 Å². The highest BCUT2D eigenvalue weighted by atomic mass is 19.4. The minimum Gasteiger partial charge on any atom is -0.404 e. The highest BCUT2D eigenvalue weighted by molar-refractivity contribution is 6.05. The molecule has 11 nitrogen and oxygen atoms in total. The number of hydrogen-bond donors (Lipinski definition) is 5. The molecule has 1 amide bonds. The minimum absolute atomic E-state index is 0.120. The van der Waals surface area contributed by atoms with Gasteiger partial charge in [-0.1, -0.05) is 0 Å². The fourth-order valence-corrected chi connectivity index (χ4v) is 3.93. The van der Waals surface area contributed by atoms with E-state index in [1.807, 2.05) is 4.90 Å². The van der Waals surface area contributed by atoms with Crippen LogP contribution in [0, 0.1) is 0 Å². The summed E-state index contributed by atoms with van der Waals surface area (Å²) in [6.07, 6.45) is 1.18. The summed E-state index contributed by atoms with van der Waals surface area (Å²) in [6, 6.07) is 5.82. The smallest absolute Gasteiger partial charge is 0.404 e. The number of nitrogens with zero attached hydrogens (tertiary/aromatic N) is 4. The molecule has 0 saturated carbocycles. The molecule has 2 aromatic heterocycles. The Morgan fingerprint density at radius 2 is 1.89 bits per heavy atom. The molecule has 2 aliphatic heterocycles. The highest BCUT2D eigenvalue weighted by Gasteiger charge is 2.39. The van der Waals surface area contributed by atoms with Crippen molar-refractivity contribution in [3.8, 4) is 5.75 Å². The van der Waals surface area contributed by atoms with Gasteiger partial charge in [-0.2, -0.15) is 0 Å². The van der Waals surface area contributed by atoms with Crippen LogP contribution in [0.3, 0.4) is 0 Å². The normalized spacial score (nSPS) is 21.4. The number of aliphatic hydroxyl groups excluding tert-OH is 1. The molecule has 0 aromatic carbocycles. The van der Waals surface area contributed by atoms with Gasteiger partial charge in [-0.15, -0.1) is 13.2 Å². The van der Waals surface area contributed by atoms with Crippen LogP contribution in [0.5, 0.6) is 5.75 Å². The van der Waals surface area contributed by atoms with Crippen LogP contribution < -0.4 is 31.7 Å². The van der Waals surface area contributed by atoms with Crippen molar-refractivity contribution in [3.05, 3.63) is 54.3 Å². The second kappa shape index (κ2) is 9.72. The van der Waals surface area contributed by atoms with Gasteiger partial charge in [-0.3, -0.25) is 20.5 Å². The number of nitrogens with two attached hydrogens (primary N) is 2. The molecule has 0 bridgehead atoms. The van der Waals surface area contributed by atoms with Crippen LogP contribution in [0.15, 0.2) is 53.5 Å². The Balaban J connectivity index is 1.51. The molecule has 0 aliphatic carbocycles. The number of amides is 1. The Bertz CT molecular complexity index is 1180. The first-order valence-electron chi connectivity index (χ1n) is 11.0. The van der Waals surface area contributed by atoms with E-state index in [1.54, 1.807) is 12.1 Å². The van der Waals surface area contributed by atoms with E-state index in [0.717, 1.165) is 12.3 Å². The van der Waals surface area contributed by atoms with Crippen molar-refractivity contribution in [2.75, 3.05) is 29.9 Å². The Kier molecular flexibility index (Phi) is 6.84. The molecule has 0 radical (unpaired) electrons. The fraction of sp³-hybridized carbons (Fsp3) is 0.364. The maximum atomic E-state index is 13.1. The Morgan fingerprint density at radius 3 is 2.58 bits per heavy atom. The van der Waals surface area contributed by atoms with Gasteiger partial charge in [0.25, 0.3) is 5.91 Å². The van der Waals surface area contributed by atoms with E-state index in [1.165, 1.54) is 24.7 Å². The molecule has 1 fully saturated rings. The molecule has 1 unspecified atom stereocenters. The lowest BCUT2D eigenvalue weighted by molar-refractivity contribution is -0.275. The number of aromatic nitrogens is 2. The Morgan fingerprint density at radius 1 is 1.19 bits per heavy atom. The first-order valence-corrected chi connectivity index (χ1v) is 11.0. The van der Waals surface area contributed by atoms with Gasteiger partial charge in [-0.05, 0) is 37.1 Å². The third-order valence-electron chi connectivity index (χ3n) is 5.89. The summed E-state index contributed by atoms with van der Waals surface area (Å²) in [4.78, 5) is 27.2. The van der Waals surface area contributed by atoms with Gasteiger partial charge in [0, 0.05) is 31.0 Å². The third-order valence-corrected chi connectivity index (χ3v) is 5.89. The first-order chi connectivity index (χ1) is 17.0. The zero-order valence-corrected chi connectivity index (χ0v) is 19.0. The Hall–Kier alpha value is -3.75. The number of carbonyl (C=O) groups is 1. The van der Waals surface area contributed by atoms with Crippen molar-refractivity contribution in [2.24, 2.45) is 16.5 Å². The van der Waals surface area contributed by atoms with E-state index >= 15 is 0 Å². The van der Waals surface area contributed by atoms with E-state index in [0.29, 0.717) is 31.6 Å². The van der Waals surface area contributed by atoms with Gasteiger partial charge in [0.05, 0.1) is 24.7 Å². The average Bonchev–Trinajstić information content (AvgIpc) is 2.84. The molecule has 1 saturated heterocycles. The number of piperidine rings is 1. The molecule has 14 heteroatoms. The van der Waals surface area contributed by atoms with Crippen LogP contribution in [-0.4, -0.2) is 58.8 Å². The lowest BCUT2D eigenvalue weighted by atomic mass is 9.89. The fourth-order valence-electron chi connectivity index (χ4n) is 3.93. The molecule has 2 aliphatic rings. The van der Waals surface area contributed by atoms with Gasteiger partial charge >= 0.3 is 6.36 Å². The van der Waals surface area contributed by atoms with Gasteiger partial charge < -0.3 is 31.1 Å². The van der Waals surface area contributed by atoms with Crippen molar-refractivity contribution < 1.29 is 27.8 Å². The topological polar surface area (TPSA) is 164 Å². The predicted molar refractivity (Wildman–Crippen MR) is 125 cm³/mol. The van der Waals surface area contributed by atoms with Crippen LogP contribution in [-0.2, 0) is 10.5 Å². The molecule has 4 heterocycles. The average molecular weight is 506 g/mol. The van der Waals surface area contributed by atoms with E-state index in [2.05, 4.69) is 30.3 Å². The van der Waals surface area contributed by atoms with Crippen molar-refractivity contribution in [1.29, 1.82) is 0 Å².